The molecule has 0 saturated heterocycles. The zero-order valence-corrected chi connectivity index (χ0v) is 13.2. The van der Waals surface area contributed by atoms with Crippen LogP contribution < -0.4 is 9.47 Å². The monoisotopic (exact) mass is 320 g/mol. The minimum absolute atomic E-state index is 0.0220. The molecular weight excluding hydrogens is 304 g/mol. The highest BCUT2D eigenvalue weighted by molar-refractivity contribution is 6.15. The molecule has 0 amide bonds. The highest BCUT2D eigenvalue weighted by Gasteiger charge is 2.34. The molecule has 2 aromatic rings. The van der Waals surface area contributed by atoms with Crippen molar-refractivity contribution < 1.29 is 19.1 Å². The molecule has 0 aromatic heterocycles. The van der Waals surface area contributed by atoms with Gasteiger partial charge in [0.2, 0.25) is 5.78 Å². The molecule has 2 aliphatic rings. The number of ether oxygens (including phenoxy) is 2. The quantitative estimate of drug-likeness (QED) is 0.488. The summed E-state index contributed by atoms with van der Waals surface area (Å²) in [5.74, 6) is 0.876. The van der Waals surface area contributed by atoms with Crippen molar-refractivity contribution in [1.82, 2.24) is 0 Å². The summed E-state index contributed by atoms with van der Waals surface area (Å²) in [7, 11) is 0. The Balaban J connectivity index is 1.64. The summed E-state index contributed by atoms with van der Waals surface area (Å²) in [6.07, 6.45) is 3.50. The van der Waals surface area contributed by atoms with E-state index in [9.17, 15) is 9.59 Å². The van der Waals surface area contributed by atoms with Crippen molar-refractivity contribution >= 4 is 17.8 Å². The van der Waals surface area contributed by atoms with Crippen molar-refractivity contribution in [2.24, 2.45) is 5.92 Å². The Kier molecular flexibility index (Phi) is 3.45. The van der Waals surface area contributed by atoms with Crippen LogP contribution in [0, 0.1) is 12.8 Å². The third-order valence-corrected chi connectivity index (χ3v) is 4.26. The highest BCUT2D eigenvalue weighted by atomic mass is 16.5. The van der Waals surface area contributed by atoms with E-state index in [4.69, 9.17) is 9.47 Å². The highest BCUT2D eigenvalue weighted by Crippen LogP contribution is 2.40. The minimum Gasteiger partial charge on any atom is -0.452 e. The van der Waals surface area contributed by atoms with Gasteiger partial charge in [-0.1, -0.05) is 30.3 Å². The van der Waals surface area contributed by atoms with Crippen molar-refractivity contribution in [3.8, 4) is 11.5 Å². The lowest BCUT2D eigenvalue weighted by Crippen LogP contribution is -2.10. The molecule has 4 nitrogen and oxygen atoms in total. The maximum absolute atomic E-state index is 12.5. The number of fused-ring (bicyclic) bond motifs is 1. The van der Waals surface area contributed by atoms with Gasteiger partial charge in [0.25, 0.3) is 0 Å². The molecule has 0 atom stereocenters. The molecule has 0 radical (unpaired) electrons. The Morgan fingerprint density at radius 2 is 1.92 bits per heavy atom. The molecule has 24 heavy (non-hydrogen) atoms. The molecule has 0 unspecified atom stereocenters. The average molecular weight is 320 g/mol. The van der Waals surface area contributed by atoms with Gasteiger partial charge in [0.1, 0.15) is 11.5 Å². The summed E-state index contributed by atoms with van der Waals surface area (Å²) >= 11 is 0. The van der Waals surface area contributed by atoms with Gasteiger partial charge in [0, 0.05) is 5.56 Å². The van der Waals surface area contributed by atoms with E-state index in [2.05, 4.69) is 0 Å². The zero-order valence-electron chi connectivity index (χ0n) is 13.2. The Hall–Kier alpha value is -2.88. The van der Waals surface area contributed by atoms with E-state index in [1.807, 2.05) is 30.3 Å². The number of benzene rings is 2. The van der Waals surface area contributed by atoms with E-state index in [0.29, 0.717) is 22.6 Å². The predicted molar refractivity (Wildman–Crippen MR) is 88.9 cm³/mol. The minimum atomic E-state index is -0.206. The van der Waals surface area contributed by atoms with Crippen LogP contribution in [-0.4, -0.2) is 11.8 Å². The van der Waals surface area contributed by atoms with E-state index >= 15 is 0 Å². The Morgan fingerprint density at radius 1 is 1.17 bits per heavy atom. The molecule has 0 bridgehead atoms. The molecule has 0 spiro atoms. The molecule has 1 fully saturated rings. The zero-order chi connectivity index (χ0) is 16.7. The van der Waals surface area contributed by atoms with E-state index in [0.717, 1.165) is 18.4 Å². The second-order valence-corrected chi connectivity index (χ2v) is 6.11. The average Bonchev–Trinajstić information content (AvgIpc) is 3.39. The van der Waals surface area contributed by atoms with Crippen molar-refractivity contribution in [2.75, 3.05) is 0 Å². The van der Waals surface area contributed by atoms with E-state index in [-0.39, 0.29) is 23.4 Å². The molecule has 1 aliphatic carbocycles. The van der Waals surface area contributed by atoms with Crippen LogP contribution in [0.15, 0.2) is 48.2 Å². The summed E-state index contributed by atoms with van der Waals surface area (Å²) in [4.78, 5) is 24.4. The SMILES string of the molecule is Cc1c(OC(=O)C2CC2)ccc2c1O/C(=C\c1ccccc1)C2=O. The lowest BCUT2D eigenvalue weighted by molar-refractivity contribution is -0.135. The largest absolute Gasteiger partial charge is 0.452 e. The van der Waals surface area contributed by atoms with Gasteiger partial charge >= 0.3 is 5.97 Å². The Bertz CT molecular complexity index is 861. The number of allylic oxidation sites excluding steroid dienone is 1. The second kappa shape index (κ2) is 5.64. The van der Waals surface area contributed by atoms with Gasteiger partial charge < -0.3 is 9.47 Å². The Morgan fingerprint density at radius 3 is 2.62 bits per heavy atom. The molecular formula is C20H16O4. The summed E-state index contributed by atoms with van der Waals surface area (Å²) in [5.41, 5.74) is 2.07. The van der Waals surface area contributed by atoms with Crippen LogP contribution in [0.4, 0.5) is 0 Å². The van der Waals surface area contributed by atoms with Gasteiger partial charge in [0.05, 0.1) is 11.5 Å². The second-order valence-electron chi connectivity index (χ2n) is 6.11. The first-order valence-corrected chi connectivity index (χ1v) is 7.98. The first-order chi connectivity index (χ1) is 11.6. The summed E-state index contributed by atoms with van der Waals surface area (Å²) in [6.45, 7) is 1.80. The van der Waals surface area contributed by atoms with Gasteiger partial charge in [-0.15, -0.1) is 0 Å². The fraction of sp³-hybridized carbons (Fsp3) is 0.200. The molecule has 0 N–H and O–H groups in total. The van der Waals surface area contributed by atoms with Crippen LogP contribution in [0.5, 0.6) is 11.5 Å². The molecule has 120 valence electrons. The molecule has 1 saturated carbocycles. The number of esters is 1. The van der Waals surface area contributed by atoms with E-state index in [1.54, 1.807) is 25.1 Å². The van der Waals surface area contributed by atoms with Crippen LogP contribution in [0.25, 0.3) is 6.08 Å². The van der Waals surface area contributed by atoms with E-state index < -0.39 is 0 Å². The third kappa shape index (κ3) is 2.60. The first kappa shape index (κ1) is 14.7. The predicted octanol–water partition coefficient (Wildman–Crippen LogP) is 3.93. The van der Waals surface area contributed by atoms with Gasteiger partial charge in [-0.2, -0.15) is 0 Å². The van der Waals surface area contributed by atoms with Gasteiger partial charge in [-0.05, 0) is 43.5 Å². The number of carbonyl (C=O) groups is 2. The molecule has 1 aliphatic heterocycles. The van der Waals surface area contributed by atoms with Crippen LogP contribution >= 0.6 is 0 Å². The number of ketones is 1. The van der Waals surface area contributed by atoms with Crippen LogP contribution in [0.2, 0.25) is 0 Å². The van der Waals surface area contributed by atoms with Crippen LogP contribution in [0.1, 0.15) is 34.3 Å². The molecule has 4 rings (SSSR count). The fourth-order valence-corrected chi connectivity index (χ4v) is 2.69. The summed E-state index contributed by atoms with van der Waals surface area (Å²) in [5, 5.41) is 0. The smallest absolute Gasteiger partial charge is 0.314 e. The van der Waals surface area contributed by atoms with Crippen molar-refractivity contribution in [3.05, 3.63) is 64.9 Å². The lowest BCUT2D eigenvalue weighted by Gasteiger charge is -2.09. The Labute approximate surface area is 139 Å². The van der Waals surface area contributed by atoms with Crippen molar-refractivity contribution in [2.45, 2.75) is 19.8 Å². The summed E-state index contributed by atoms with van der Waals surface area (Å²) in [6, 6.07) is 12.9. The van der Waals surface area contributed by atoms with Crippen LogP contribution in [0.3, 0.4) is 0 Å². The topological polar surface area (TPSA) is 52.6 Å². The normalized spacial score (nSPS) is 17.5. The maximum atomic E-state index is 12.5. The van der Waals surface area contributed by atoms with Crippen LogP contribution in [-0.2, 0) is 4.79 Å². The number of carbonyl (C=O) groups excluding carboxylic acids is 2. The first-order valence-electron chi connectivity index (χ1n) is 7.98. The lowest BCUT2D eigenvalue weighted by atomic mass is 10.1. The molecule has 1 heterocycles. The number of hydrogen-bond donors (Lipinski definition) is 0. The van der Waals surface area contributed by atoms with Gasteiger partial charge in [-0.3, -0.25) is 9.59 Å². The molecule has 2 aromatic carbocycles. The fourth-order valence-electron chi connectivity index (χ4n) is 2.69. The number of rotatable bonds is 3. The maximum Gasteiger partial charge on any atom is 0.314 e. The number of hydrogen-bond acceptors (Lipinski definition) is 4. The van der Waals surface area contributed by atoms with E-state index in [1.165, 1.54) is 0 Å². The van der Waals surface area contributed by atoms with Crippen molar-refractivity contribution in [3.63, 3.8) is 0 Å². The summed E-state index contributed by atoms with van der Waals surface area (Å²) < 4.78 is 11.2. The van der Waals surface area contributed by atoms with Gasteiger partial charge in [-0.25, -0.2) is 0 Å². The van der Waals surface area contributed by atoms with Gasteiger partial charge in [0.15, 0.2) is 5.76 Å². The number of Topliss-reactive ketones (excluding diaryl/α,β-unsaturated/α-hetero) is 1. The standard InChI is InChI=1S/C20H16O4/c1-12-16(24-20(22)14-7-8-14)10-9-15-18(21)17(23-19(12)15)11-13-5-3-2-4-6-13/h2-6,9-11,14H,7-8H2,1H3/b17-11-. The third-order valence-electron chi connectivity index (χ3n) is 4.26. The molecule has 4 heteroatoms. The van der Waals surface area contributed by atoms with Crippen molar-refractivity contribution in [1.29, 1.82) is 0 Å².